The van der Waals surface area contributed by atoms with Crippen LogP contribution in [0.3, 0.4) is 0 Å². The fraction of sp³-hybridized carbons (Fsp3) is 1.00. The summed E-state index contributed by atoms with van der Waals surface area (Å²) in [7, 11) is 0. The summed E-state index contributed by atoms with van der Waals surface area (Å²) in [6.07, 6.45) is 6.73. The van der Waals surface area contributed by atoms with Crippen molar-refractivity contribution in [3.63, 3.8) is 0 Å². The van der Waals surface area contributed by atoms with Crippen molar-refractivity contribution in [2.45, 2.75) is 71.1 Å². The average molecular weight is 268 g/mol. The predicted octanol–water partition coefficient (Wildman–Crippen LogP) is 2.64. The van der Waals surface area contributed by atoms with Crippen LogP contribution >= 0.6 is 0 Å². The molecule has 3 nitrogen and oxygen atoms in total. The molecule has 0 radical (unpaired) electrons. The highest BCUT2D eigenvalue weighted by Crippen LogP contribution is 2.33. The maximum Gasteiger partial charge on any atom is 0.0702 e. The van der Waals surface area contributed by atoms with E-state index < -0.39 is 0 Å². The molecule has 0 spiro atoms. The van der Waals surface area contributed by atoms with Crippen LogP contribution in [0.4, 0.5) is 0 Å². The Balaban J connectivity index is 1.94. The van der Waals surface area contributed by atoms with E-state index in [-0.39, 0.29) is 0 Å². The molecule has 1 saturated carbocycles. The summed E-state index contributed by atoms with van der Waals surface area (Å²) >= 11 is 0. The molecular formula is C16H32N2O. The molecule has 112 valence electrons. The maximum absolute atomic E-state index is 6.41. The van der Waals surface area contributed by atoms with Crippen molar-refractivity contribution < 1.29 is 4.74 Å². The number of likely N-dealkylation sites (tertiary alicyclic amines) is 1. The van der Waals surface area contributed by atoms with E-state index in [1.165, 1.54) is 38.6 Å². The van der Waals surface area contributed by atoms with Gasteiger partial charge in [0.25, 0.3) is 0 Å². The molecule has 0 aromatic rings. The monoisotopic (exact) mass is 268 g/mol. The molecule has 4 atom stereocenters. The Kier molecular flexibility index (Phi) is 5.67. The molecule has 3 heteroatoms. The highest BCUT2D eigenvalue weighted by molar-refractivity contribution is 4.92. The van der Waals surface area contributed by atoms with Crippen LogP contribution < -0.4 is 5.73 Å². The summed E-state index contributed by atoms with van der Waals surface area (Å²) in [5, 5.41) is 0. The topological polar surface area (TPSA) is 38.5 Å². The molecule has 4 unspecified atom stereocenters. The summed E-state index contributed by atoms with van der Waals surface area (Å²) in [6.45, 7) is 9.96. The van der Waals surface area contributed by atoms with Crippen LogP contribution in [0, 0.1) is 11.8 Å². The van der Waals surface area contributed by atoms with Crippen molar-refractivity contribution in [2.75, 3.05) is 19.7 Å². The van der Waals surface area contributed by atoms with Crippen molar-refractivity contribution in [1.82, 2.24) is 4.90 Å². The van der Waals surface area contributed by atoms with Crippen molar-refractivity contribution >= 4 is 0 Å². The van der Waals surface area contributed by atoms with Gasteiger partial charge in [-0.1, -0.05) is 13.8 Å². The van der Waals surface area contributed by atoms with E-state index in [2.05, 4.69) is 25.7 Å². The van der Waals surface area contributed by atoms with Crippen LogP contribution in [0.5, 0.6) is 0 Å². The van der Waals surface area contributed by atoms with Gasteiger partial charge in [-0.05, 0) is 57.4 Å². The first-order chi connectivity index (χ1) is 9.11. The van der Waals surface area contributed by atoms with E-state index >= 15 is 0 Å². The second-order valence-electron chi connectivity index (χ2n) is 6.76. The van der Waals surface area contributed by atoms with Gasteiger partial charge in [-0.25, -0.2) is 0 Å². The van der Waals surface area contributed by atoms with Gasteiger partial charge >= 0.3 is 0 Å². The Bertz CT molecular complexity index is 267. The molecule has 1 aliphatic carbocycles. The van der Waals surface area contributed by atoms with Crippen molar-refractivity contribution in [2.24, 2.45) is 17.6 Å². The normalized spacial score (nSPS) is 37.7. The summed E-state index contributed by atoms with van der Waals surface area (Å²) < 4.78 is 5.83. The van der Waals surface area contributed by atoms with Crippen molar-refractivity contribution in [1.29, 1.82) is 0 Å². The van der Waals surface area contributed by atoms with Gasteiger partial charge in [-0.15, -0.1) is 0 Å². The fourth-order valence-corrected chi connectivity index (χ4v) is 3.87. The lowest BCUT2D eigenvalue weighted by Crippen LogP contribution is -2.55. The van der Waals surface area contributed by atoms with Gasteiger partial charge in [0.1, 0.15) is 0 Å². The molecule has 1 aliphatic heterocycles. The Hall–Kier alpha value is -0.120. The third-order valence-electron chi connectivity index (χ3n) is 5.13. The van der Waals surface area contributed by atoms with Gasteiger partial charge in [-0.3, -0.25) is 4.90 Å². The molecule has 0 aromatic heterocycles. The molecule has 2 N–H and O–H groups in total. The number of piperidine rings is 1. The molecule has 2 aliphatic rings. The van der Waals surface area contributed by atoms with Crippen molar-refractivity contribution in [3.05, 3.63) is 0 Å². The molecule has 19 heavy (non-hydrogen) atoms. The van der Waals surface area contributed by atoms with Crippen LogP contribution in [-0.4, -0.2) is 42.8 Å². The fourth-order valence-electron chi connectivity index (χ4n) is 3.87. The minimum atomic E-state index is 0.371. The second-order valence-corrected chi connectivity index (χ2v) is 6.76. The number of nitrogens with two attached hydrogens (primary N) is 1. The number of rotatable bonds is 4. The first kappa shape index (κ1) is 15.3. The minimum Gasteiger partial charge on any atom is -0.377 e. The quantitative estimate of drug-likeness (QED) is 0.852. The van der Waals surface area contributed by atoms with Crippen LogP contribution in [-0.2, 0) is 4.74 Å². The Morgan fingerprint density at radius 3 is 2.74 bits per heavy atom. The van der Waals surface area contributed by atoms with Crippen molar-refractivity contribution in [3.8, 4) is 0 Å². The largest absolute Gasteiger partial charge is 0.377 e. The molecular weight excluding hydrogens is 236 g/mol. The molecule has 2 fully saturated rings. The summed E-state index contributed by atoms with van der Waals surface area (Å²) in [5.74, 6) is 1.65. The first-order valence-electron chi connectivity index (χ1n) is 8.23. The van der Waals surface area contributed by atoms with Crippen LogP contribution in [0.1, 0.15) is 52.9 Å². The highest BCUT2D eigenvalue weighted by atomic mass is 16.5. The lowest BCUT2D eigenvalue weighted by molar-refractivity contribution is -0.0215. The van der Waals surface area contributed by atoms with Gasteiger partial charge in [0, 0.05) is 25.2 Å². The molecule has 0 bridgehead atoms. The van der Waals surface area contributed by atoms with E-state index in [1.807, 2.05) is 0 Å². The Labute approximate surface area is 118 Å². The lowest BCUT2D eigenvalue weighted by Gasteiger charge is -2.45. The number of nitrogens with zero attached hydrogens (tertiary/aromatic N) is 1. The van der Waals surface area contributed by atoms with E-state index in [9.17, 15) is 0 Å². The molecule has 0 amide bonds. The zero-order valence-corrected chi connectivity index (χ0v) is 13.0. The zero-order valence-electron chi connectivity index (χ0n) is 13.0. The third kappa shape index (κ3) is 3.93. The standard InChI is InChI=1S/C16H32N2O/c1-4-19-14-6-5-9-18(11-14)16-10-13(12(2)3)7-8-15(16)17/h12-16H,4-11,17H2,1-3H3. The number of hydrogen-bond acceptors (Lipinski definition) is 3. The van der Waals surface area contributed by atoms with Gasteiger partial charge < -0.3 is 10.5 Å². The van der Waals surface area contributed by atoms with Gasteiger partial charge in [0.2, 0.25) is 0 Å². The third-order valence-corrected chi connectivity index (χ3v) is 5.13. The van der Waals surface area contributed by atoms with Crippen LogP contribution in [0.2, 0.25) is 0 Å². The molecule has 0 aromatic carbocycles. The number of ether oxygens (including phenoxy) is 1. The smallest absolute Gasteiger partial charge is 0.0702 e. The average Bonchev–Trinajstić information content (AvgIpc) is 2.39. The zero-order chi connectivity index (χ0) is 13.8. The SMILES string of the molecule is CCOC1CCCN(C2CC(C(C)C)CCC2N)C1. The summed E-state index contributed by atoms with van der Waals surface area (Å²) in [6, 6.07) is 0.958. The van der Waals surface area contributed by atoms with Gasteiger partial charge in [0.05, 0.1) is 6.10 Å². The Morgan fingerprint density at radius 1 is 1.26 bits per heavy atom. The first-order valence-corrected chi connectivity index (χ1v) is 8.23. The summed E-state index contributed by atoms with van der Waals surface area (Å²) in [4.78, 5) is 2.63. The van der Waals surface area contributed by atoms with Crippen LogP contribution in [0.25, 0.3) is 0 Å². The van der Waals surface area contributed by atoms with Gasteiger partial charge in [0.15, 0.2) is 0 Å². The maximum atomic E-state index is 6.41. The lowest BCUT2D eigenvalue weighted by atomic mass is 9.76. The molecule has 1 heterocycles. The van der Waals surface area contributed by atoms with E-state index in [0.29, 0.717) is 18.2 Å². The summed E-state index contributed by atoms with van der Waals surface area (Å²) in [5.41, 5.74) is 6.41. The Morgan fingerprint density at radius 2 is 2.05 bits per heavy atom. The molecule has 2 rings (SSSR count). The molecule has 1 saturated heterocycles. The van der Waals surface area contributed by atoms with Gasteiger partial charge in [-0.2, -0.15) is 0 Å². The minimum absolute atomic E-state index is 0.371. The van der Waals surface area contributed by atoms with E-state index in [4.69, 9.17) is 10.5 Å². The predicted molar refractivity (Wildman–Crippen MR) is 80.2 cm³/mol. The highest BCUT2D eigenvalue weighted by Gasteiger charge is 2.35. The van der Waals surface area contributed by atoms with E-state index in [0.717, 1.165) is 25.0 Å². The van der Waals surface area contributed by atoms with Crippen LogP contribution in [0.15, 0.2) is 0 Å². The number of hydrogen-bond donors (Lipinski definition) is 1. The van der Waals surface area contributed by atoms with E-state index in [1.54, 1.807) is 0 Å². The second kappa shape index (κ2) is 7.05.